The highest BCUT2D eigenvalue weighted by Gasteiger charge is 2.08. The van der Waals surface area contributed by atoms with E-state index in [1.54, 1.807) is 37.4 Å². The Morgan fingerprint density at radius 1 is 1.37 bits per heavy atom. The quantitative estimate of drug-likeness (QED) is 0.811. The number of rotatable bonds is 4. The molecule has 0 fully saturated rings. The molecule has 0 spiro atoms. The maximum absolute atomic E-state index is 11.6. The van der Waals surface area contributed by atoms with Crippen LogP contribution in [0.3, 0.4) is 0 Å². The monoisotopic (exact) mass is 261 g/mol. The lowest BCUT2D eigenvalue weighted by Crippen LogP contribution is -2.23. The Kier molecular flexibility index (Phi) is 3.82. The Morgan fingerprint density at radius 3 is 2.58 bits per heavy atom. The minimum absolute atomic E-state index is 0.205. The number of carbonyl (C=O) groups is 1. The van der Waals surface area contributed by atoms with Gasteiger partial charge in [0, 0.05) is 17.5 Å². The van der Waals surface area contributed by atoms with Crippen LogP contribution in [0.5, 0.6) is 0 Å². The third-order valence-corrected chi connectivity index (χ3v) is 2.66. The second kappa shape index (κ2) is 5.53. The number of aryl methyl sites for hydroxylation is 1. The molecule has 1 aromatic carbocycles. The molecule has 0 unspecified atom stereocenters. The number of H-pyrrole nitrogens is 1. The van der Waals surface area contributed by atoms with Gasteiger partial charge in [0.15, 0.2) is 0 Å². The number of benzene rings is 1. The van der Waals surface area contributed by atoms with Crippen molar-refractivity contribution in [2.24, 2.45) is 0 Å². The van der Waals surface area contributed by atoms with E-state index in [2.05, 4.69) is 10.5 Å². The third-order valence-electron chi connectivity index (χ3n) is 2.66. The number of imidazole rings is 1. The van der Waals surface area contributed by atoms with Crippen molar-refractivity contribution in [3.63, 3.8) is 0 Å². The summed E-state index contributed by atoms with van der Waals surface area (Å²) in [5.41, 5.74) is 4.09. The van der Waals surface area contributed by atoms with E-state index in [9.17, 15) is 9.59 Å². The Bertz CT molecular complexity index is 625. The fourth-order valence-electron chi connectivity index (χ4n) is 1.73. The lowest BCUT2D eigenvalue weighted by molar-refractivity contribution is 0.0364. The molecule has 2 rings (SSSR count). The molecule has 0 radical (unpaired) electrons. The predicted molar refractivity (Wildman–Crippen MR) is 70.2 cm³/mol. The van der Waals surface area contributed by atoms with E-state index in [-0.39, 0.29) is 11.6 Å². The number of hydrogen-bond acceptors (Lipinski definition) is 3. The van der Waals surface area contributed by atoms with Crippen LogP contribution >= 0.6 is 0 Å². The third kappa shape index (κ3) is 2.74. The van der Waals surface area contributed by atoms with E-state index in [1.165, 1.54) is 4.57 Å². The topological polar surface area (TPSA) is 76.1 Å². The molecule has 0 bridgehead atoms. The van der Waals surface area contributed by atoms with E-state index >= 15 is 0 Å². The highest BCUT2D eigenvalue weighted by Crippen LogP contribution is 2.10. The van der Waals surface area contributed by atoms with Crippen LogP contribution in [0, 0.1) is 6.92 Å². The molecule has 1 heterocycles. The zero-order valence-electron chi connectivity index (χ0n) is 10.8. The minimum atomic E-state index is -0.313. The highest BCUT2D eigenvalue weighted by atomic mass is 16.6. The molecule has 0 saturated heterocycles. The first-order valence-corrected chi connectivity index (χ1v) is 5.93. The lowest BCUT2D eigenvalue weighted by Gasteiger charge is -2.06. The Balaban J connectivity index is 2.24. The van der Waals surface area contributed by atoms with Gasteiger partial charge in [0.25, 0.3) is 5.91 Å². The van der Waals surface area contributed by atoms with Crippen LogP contribution in [0.15, 0.2) is 35.3 Å². The average Bonchev–Trinajstić information content (AvgIpc) is 2.76. The van der Waals surface area contributed by atoms with Gasteiger partial charge in [-0.05, 0) is 38.1 Å². The number of hydroxylamine groups is 1. The summed E-state index contributed by atoms with van der Waals surface area (Å²) < 4.78 is 1.53. The van der Waals surface area contributed by atoms with E-state index in [1.807, 2.05) is 6.92 Å². The molecule has 6 nitrogen and oxygen atoms in total. The summed E-state index contributed by atoms with van der Waals surface area (Å²) in [5.74, 6) is -0.313. The average molecular weight is 261 g/mol. The molecule has 2 N–H and O–H groups in total. The van der Waals surface area contributed by atoms with Gasteiger partial charge in [-0.25, -0.2) is 10.3 Å². The maximum Gasteiger partial charge on any atom is 0.330 e. The molecular formula is C13H15N3O3. The summed E-state index contributed by atoms with van der Waals surface area (Å²) in [6.45, 7) is 4.01. The molecule has 100 valence electrons. The largest absolute Gasteiger partial charge is 0.330 e. The summed E-state index contributed by atoms with van der Waals surface area (Å²) in [4.78, 5) is 30.7. The smallest absolute Gasteiger partial charge is 0.312 e. The van der Waals surface area contributed by atoms with Crippen molar-refractivity contribution in [1.29, 1.82) is 0 Å². The summed E-state index contributed by atoms with van der Waals surface area (Å²) in [5, 5.41) is 0. The summed E-state index contributed by atoms with van der Waals surface area (Å²) in [7, 11) is 0. The van der Waals surface area contributed by atoms with Crippen LogP contribution < -0.4 is 11.2 Å². The molecule has 19 heavy (non-hydrogen) atoms. The Labute approximate surface area is 110 Å². The highest BCUT2D eigenvalue weighted by molar-refractivity contribution is 5.93. The van der Waals surface area contributed by atoms with Crippen LogP contribution in [-0.4, -0.2) is 22.1 Å². The number of hydrogen-bond donors (Lipinski definition) is 2. The van der Waals surface area contributed by atoms with Crippen molar-refractivity contribution < 1.29 is 9.63 Å². The molecule has 2 aromatic rings. The van der Waals surface area contributed by atoms with Crippen molar-refractivity contribution in [3.05, 3.63) is 52.2 Å². The first-order chi connectivity index (χ1) is 9.13. The Hall–Kier alpha value is -2.34. The van der Waals surface area contributed by atoms with Gasteiger partial charge in [0.2, 0.25) is 0 Å². The van der Waals surface area contributed by atoms with Crippen LogP contribution in [0.1, 0.15) is 23.0 Å². The number of amides is 1. The van der Waals surface area contributed by atoms with Gasteiger partial charge >= 0.3 is 5.69 Å². The SMILES string of the molecule is CCONC(=O)c1ccc(-n2c(C)c[nH]c2=O)cc1. The van der Waals surface area contributed by atoms with Crippen molar-refractivity contribution in [1.82, 2.24) is 15.0 Å². The minimum Gasteiger partial charge on any atom is -0.312 e. The van der Waals surface area contributed by atoms with Gasteiger partial charge in [0.1, 0.15) is 0 Å². The van der Waals surface area contributed by atoms with E-state index in [0.717, 1.165) is 5.69 Å². The van der Waals surface area contributed by atoms with Gasteiger partial charge in [-0.3, -0.25) is 14.2 Å². The van der Waals surface area contributed by atoms with Gasteiger partial charge in [0.05, 0.1) is 12.3 Å². The van der Waals surface area contributed by atoms with Crippen LogP contribution in [0.4, 0.5) is 0 Å². The standard InChI is InChI=1S/C13H15N3O3/c1-3-19-15-12(17)10-4-6-11(7-5-10)16-9(2)8-14-13(16)18/h4-8H,3H2,1-2H3,(H,14,18)(H,15,17). The molecule has 0 atom stereocenters. The number of carbonyl (C=O) groups excluding carboxylic acids is 1. The lowest BCUT2D eigenvalue weighted by atomic mass is 10.2. The van der Waals surface area contributed by atoms with Crippen molar-refractivity contribution in [2.45, 2.75) is 13.8 Å². The Morgan fingerprint density at radius 2 is 2.05 bits per heavy atom. The van der Waals surface area contributed by atoms with E-state index in [0.29, 0.717) is 17.9 Å². The molecule has 0 aliphatic heterocycles. The van der Waals surface area contributed by atoms with E-state index in [4.69, 9.17) is 4.84 Å². The zero-order valence-corrected chi connectivity index (χ0v) is 10.8. The van der Waals surface area contributed by atoms with Crippen molar-refractivity contribution >= 4 is 5.91 Å². The maximum atomic E-state index is 11.6. The van der Waals surface area contributed by atoms with Crippen LogP contribution in [-0.2, 0) is 4.84 Å². The first kappa shape index (κ1) is 13.1. The molecule has 0 saturated carbocycles. The number of nitrogens with zero attached hydrogens (tertiary/aromatic N) is 1. The molecule has 0 aliphatic rings. The van der Waals surface area contributed by atoms with E-state index < -0.39 is 0 Å². The van der Waals surface area contributed by atoms with Crippen LogP contribution in [0.2, 0.25) is 0 Å². The molecule has 1 amide bonds. The zero-order chi connectivity index (χ0) is 13.8. The first-order valence-electron chi connectivity index (χ1n) is 5.93. The molecule has 1 aromatic heterocycles. The second-order valence-electron chi connectivity index (χ2n) is 3.98. The fraction of sp³-hybridized carbons (Fsp3) is 0.231. The predicted octanol–water partition coefficient (Wildman–Crippen LogP) is 1.16. The number of aromatic nitrogens is 2. The van der Waals surface area contributed by atoms with Crippen molar-refractivity contribution in [2.75, 3.05) is 6.61 Å². The van der Waals surface area contributed by atoms with Gasteiger partial charge < -0.3 is 4.98 Å². The van der Waals surface area contributed by atoms with Gasteiger partial charge in [-0.15, -0.1) is 0 Å². The summed E-state index contributed by atoms with van der Waals surface area (Å²) >= 11 is 0. The van der Waals surface area contributed by atoms with Crippen molar-refractivity contribution in [3.8, 4) is 5.69 Å². The number of nitrogens with one attached hydrogen (secondary N) is 2. The number of aromatic amines is 1. The molecule has 0 aliphatic carbocycles. The summed E-state index contributed by atoms with van der Waals surface area (Å²) in [6, 6.07) is 6.71. The van der Waals surface area contributed by atoms with Gasteiger partial charge in [-0.2, -0.15) is 0 Å². The van der Waals surface area contributed by atoms with Crippen LogP contribution in [0.25, 0.3) is 5.69 Å². The normalized spacial score (nSPS) is 10.4. The molecule has 6 heteroatoms. The molecular weight excluding hydrogens is 246 g/mol. The summed E-state index contributed by atoms with van der Waals surface area (Å²) in [6.07, 6.45) is 1.64. The van der Waals surface area contributed by atoms with Gasteiger partial charge in [-0.1, -0.05) is 0 Å². The second-order valence-corrected chi connectivity index (χ2v) is 3.98. The fourth-order valence-corrected chi connectivity index (χ4v) is 1.73.